The summed E-state index contributed by atoms with van der Waals surface area (Å²) in [6, 6.07) is 0. The van der Waals surface area contributed by atoms with Crippen LogP contribution in [0.15, 0.2) is 6.20 Å². The molecule has 3 nitrogen and oxygen atoms in total. The van der Waals surface area contributed by atoms with Gasteiger partial charge in [0.1, 0.15) is 0 Å². The van der Waals surface area contributed by atoms with Crippen LogP contribution < -0.4 is 4.74 Å². The topological polar surface area (TPSA) is 39.2 Å². The van der Waals surface area contributed by atoms with E-state index in [2.05, 4.69) is 9.72 Å². The maximum atomic E-state index is 12.7. The standard InChI is InChI=1S/C9H5ClF5NO2/c10-1-5-7(18-9(13,14)15)6(8(11)12)4(3-17)2-16-5/h2-3,8H,1H2. The predicted octanol–water partition coefficient (Wildman–Crippen LogP) is 3.47. The van der Waals surface area contributed by atoms with Crippen LogP contribution in [0.25, 0.3) is 0 Å². The fourth-order valence-corrected chi connectivity index (χ4v) is 1.40. The largest absolute Gasteiger partial charge is 0.573 e. The summed E-state index contributed by atoms with van der Waals surface area (Å²) in [4.78, 5) is 13.9. The van der Waals surface area contributed by atoms with Crippen LogP contribution in [0.3, 0.4) is 0 Å². The van der Waals surface area contributed by atoms with Gasteiger partial charge in [0.15, 0.2) is 12.0 Å². The van der Waals surface area contributed by atoms with Gasteiger partial charge in [-0.1, -0.05) is 0 Å². The first kappa shape index (κ1) is 14.6. The number of pyridine rings is 1. The van der Waals surface area contributed by atoms with Gasteiger partial charge in [-0.05, 0) is 0 Å². The molecule has 0 spiro atoms. The smallest absolute Gasteiger partial charge is 0.403 e. The van der Waals surface area contributed by atoms with Gasteiger partial charge in [0.25, 0.3) is 6.43 Å². The number of nitrogens with zero attached hydrogens (tertiary/aromatic N) is 1. The lowest BCUT2D eigenvalue weighted by atomic mass is 10.1. The van der Waals surface area contributed by atoms with Gasteiger partial charge in [-0.15, -0.1) is 24.8 Å². The molecule has 0 amide bonds. The van der Waals surface area contributed by atoms with Crippen LogP contribution in [-0.4, -0.2) is 17.6 Å². The zero-order valence-electron chi connectivity index (χ0n) is 8.47. The molecule has 18 heavy (non-hydrogen) atoms. The molecule has 0 radical (unpaired) electrons. The summed E-state index contributed by atoms with van der Waals surface area (Å²) in [5.74, 6) is -1.79. The number of carbonyl (C=O) groups excluding carboxylic acids is 1. The molecule has 0 atom stereocenters. The highest BCUT2D eigenvalue weighted by Crippen LogP contribution is 2.37. The second-order valence-corrected chi connectivity index (χ2v) is 3.27. The Morgan fingerprint density at radius 3 is 2.44 bits per heavy atom. The third kappa shape index (κ3) is 3.28. The van der Waals surface area contributed by atoms with Crippen molar-refractivity contribution in [2.24, 2.45) is 0 Å². The monoisotopic (exact) mass is 289 g/mol. The zero-order chi connectivity index (χ0) is 13.9. The Hall–Kier alpha value is -1.44. The van der Waals surface area contributed by atoms with E-state index in [0.29, 0.717) is 0 Å². The highest BCUT2D eigenvalue weighted by Gasteiger charge is 2.36. The lowest BCUT2D eigenvalue weighted by molar-refractivity contribution is -0.275. The number of aldehydes is 1. The molecule has 0 unspecified atom stereocenters. The van der Waals surface area contributed by atoms with Crippen molar-refractivity contribution in [1.82, 2.24) is 4.98 Å². The maximum Gasteiger partial charge on any atom is 0.573 e. The number of ether oxygens (including phenoxy) is 1. The normalized spacial score (nSPS) is 11.7. The molecule has 1 aromatic rings. The molecule has 1 heterocycles. The average Bonchev–Trinajstić information content (AvgIpc) is 2.25. The van der Waals surface area contributed by atoms with Gasteiger partial charge in [-0.25, -0.2) is 8.78 Å². The molecular weight excluding hydrogens is 285 g/mol. The second-order valence-electron chi connectivity index (χ2n) is 3.00. The van der Waals surface area contributed by atoms with Crippen molar-refractivity contribution in [2.75, 3.05) is 0 Å². The summed E-state index contributed by atoms with van der Waals surface area (Å²) >= 11 is 5.29. The molecule has 9 heteroatoms. The van der Waals surface area contributed by atoms with E-state index in [-0.39, 0.29) is 6.29 Å². The van der Waals surface area contributed by atoms with Gasteiger partial charge in [0.2, 0.25) is 0 Å². The van der Waals surface area contributed by atoms with Crippen LogP contribution in [0.2, 0.25) is 0 Å². The van der Waals surface area contributed by atoms with E-state index in [9.17, 15) is 26.7 Å². The van der Waals surface area contributed by atoms with E-state index in [1.807, 2.05) is 0 Å². The molecule has 0 aliphatic rings. The number of hydrogen-bond donors (Lipinski definition) is 0. The summed E-state index contributed by atoms with van der Waals surface area (Å²) in [5, 5.41) is 0. The van der Waals surface area contributed by atoms with Gasteiger partial charge in [-0.3, -0.25) is 9.78 Å². The molecule has 0 bridgehead atoms. The minimum atomic E-state index is -5.19. The number of halogens is 6. The summed E-state index contributed by atoms with van der Waals surface area (Å²) in [5.41, 5.74) is -2.37. The Morgan fingerprint density at radius 1 is 1.44 bits per heavy atom. The van der Waals surface area contributed by atoms with Crippen molar-refractivity contribution in [3.8, 4) is 5.75 Å². The molecule has 0 fully saturated rings. The van der Waals surface area contributed by atoms with E-state index < -0.39 is 41.2 Å². The fourth-order valence-electron chi connectivity index (χ4n) is 1.21. The van der Waals surface area contributed by atoms with Crippen molar-refractivity contribution in [3.63, 3.8) is 0 Å². The minimum Gasteiger partial charge on any atom is -0.403 e. The first-order valence-corrected chi connectivity index (χ1v) is 4.90. The third-order valence-electron chi connectivity index (χ3n) is 1.87. The van der Waals surface area contributed by atoms with Crippen LogP contribution in [-0.2, 0) is 5.88 Å². The van der Waals surface area contributed by atoms with Crippen molar-refractivity contribution in [2.45, 2.75) is 18.7 Å². The molecule has 0 aromatic carbocycles. The maximum absolute atomic E-state index is 12.7. The van der Waals surface area contributed by atoms with Gasteiger partial charge >= 0.3 is 6.36 Å². The first-order chi connectivity index (χ1) is 8.30. The van der Waals surface area contributed by atoms with Crippen LogP contribution in [0.1, 0.15) is 28.0 Å². The van der Waals surface area contributed by atoms with E-state index >= 15 is 0 Å². The van der Waals surface area contributed by atoms with E-state index in [1.165, 1.54) is 0 Å². The number of hydrogen-bond acceptors (Lipinski definition) is 3. The molecule has 0 N–H and O–H groups in total. The molecule has 0 aliphatic heterocycles. The van der Waals surface area contributed by atoms with Gasteiger partial charge in [0.05, 0.1) is 17.1 Å². The molecular formula is C9H5ClF5NO2. The molecule has 1 rings (SSSR count). The Morgan fingerprint density at radius 2 is 2.06 bits per heavy atom. The molecule has 0 saturated heterocycles. The van der Waals surface area contributed by atoms with E-state index in [0.717, 1.165) is 6.20 Å². The SMILES string of the molecule is O=Cc1cnc(CCl)c(OC(F)(F)F)c1C(F)F. The Kier molecular flexibility index (Phi) is 4.44. The summed E-state index contributed by atoms with van der Waals surface area (Å²) < 4.78 is 65.2. The Bertz CT molecular complexity index is 449. The van der Waals surface area contributed by atoms with Crippen LogP contribution in [0.5, 0.6) is 5.75 Å². The van der Waals surface area contributed by atoms with E-state index in [1.54, 1.807) is 0 Å². The van der Waals surface area contributed by atoms with Crippen LogP contribution in [0, 0.1) is 0 Å². The molecule has 1 aromatic heterocycles. The molecule has 100 valence electrons. The summed E-state index contributed by atoms with van der Waals surface area (Å²) in [6.07, 6.45) is -7.83. The van der Waals surface area contributed by atoms with Crippen molar-refractivity contribution < 1.29 is 31.5 Å². The lowest BCUT2D eigenvalue weighted by Gasteiger charge is -2.16. The zero-order valence-corrected chi connectivity index (χ0v) is 9.23. The van der Waals surface area contributed by atoms with Gasteiger partial charge in [0, 0.05) is 11.8 Å². The highest BCUT2D eigenvalue weighted by molar-refractivity contribution is 6.17. The fraction of sp³-hybridized carbons (Fsp3) is 0.333. The number of aromatic nitrogens is 1. The van der Waals surface area contributed by atoms with Crippen LogP contribution in [0.4, 0.5) is 22.0 Å². The van der Waals surface area contributed by atoms with Crippen LogP contribution >= 0.6 is 11.6 Å². The van der Waals surface area contributed by atoms with Gasteiger partial charge < -0.3 is 4.74 Å². The van der Waals surface area contributed by atoms with Crippen molar-refractivity contribution >= 4 is 17.9 Å². The first-order valence-electron chi connectivity index (χ1n) is 4.37. The third-order valence-corrected chi connectivity index (χ3v) is 2.12. The Labute approximate surface area is 103 Å². The summed E-state index contributed by atoms with van der Waals surface area (Å²) in [7, 11) is 0. The highest BCUT2D eigenvalue weighted by atomic mass is 35.5. The lowest BCUT2D eigenvalue weighted by Crippen LogP contribution is -2.20. The van der Waals surface area contributed by atoms with E-state index in [4.69, 9.17) is 11.6 Å². The molecule has 0 saturated carbocycles. The summed E-state index contributed by atoms with van der Waals surface area (Å²) in [6.45, 7) is 0. The molecule has 0 aliphatic carbocycles. The number of carbonyl (C=O) groups is 1. The number of alkyl halides is 6. The quantitative estimate of drug-likeness (QED) is 0.484. The minimum absolute atomic E-state index is 0.0320. The predicted molar refractivity (Wildman–Crippen MR) is 50.8 cm³/mol. The Balaban J connectivity index is 3.45. The average molecular weight is 290 g/mol. The van der Waals surface area contributed by atoms with Crippen molar-refractivity contribution in [3.05, 3.63) is 23.0 Å². The second kappa shape index (κ2) is 5.47. The van der Waals surface area contributed by atoms with Gasteiger partial charge in [-0.2, -0.15) is 0 Å². The number of rotatable bonds is 4. The van der Waals surface area contributed by atoms with Crippen molar-refractivity contribution in [1.29, 1.82) is 0 Å².